The molecule has 0 spiro atoms. The van der Waals surface area contributed by atoms with Crippen LogP contribution in [0.5, 0.6) is 0 Å². The van der Waals surface area contributed by atoms with E-state index in [1.807, 2.05) is 0 Å². The first-order chi connectivity index (χ1) is 11.2. The smallest absolute Gasteiger partial charge is 0.346 e. The summed E-state index contributed by atoms with van der Waals surface area (Å²) in [4.78, 5) is 22.6. The second-order valence-corrected chi connectivity index (χ2v) is 4.13. The van der Waals surface area contributed by atoms with Crippen LogP contribution in [0.1, 0.15) is 0 Å². The monoisotopic (exact) mass is 338 g/mol. The highest BCUT2D eigenvalue weighted by Gasteiger charge is 2.29. The van der Waals surface area contributed by atoms with Gasteiger partial charge in [-0.05, 0) is 0 Å². The van der Waals surface area contributed by atoms with Crippen LogP contribution in [-0.2, 0) is 42.7 Å². The molecule has 0 amide bonds. The molecular formula is C14H26O9. The predicted molar refractivity (Wildman–Crippen MR) is 78.1 cm³/mol. The topological polar surface area (TPSA) is 98.8 Å². The molecule has 23 heavy (non-hydrogen) atoms. The van der Waals surface area contributed by atoms with Crippen LogP contribution in [0.25, 0.3) is 0 Å². The number of hydrogen-bond donors (Lipinski definition) is 0. The highest BCUT2D eigenvalue weighted by atomic mass is 16.6. The second kappa shape index (κ2) is 15.6. The normalized spacial score (nSPS) is 10.8. The van der Waals surface area contributed by atoms with Crippen molar-refractivity contribution in [2.75, 3.05) is 74.2 Å². The van der Waals surface area contributed by atoms with Crippen molar-refractivity contribution < 1.29 is 42.7 Å². The van der Waals surface area contributed by atoms with Crippen LogP contribution in [0, 0.1) is 0 Å². The number of ether oxygens (including phenoxy) is 7. The van der Waals surface area contributed by atoms with E-state index in [0.717, 1.165) is 14.2 Å². The van der Waals surface area contributed by atoms with Gasteiger partial charge in [-0.25, -0.2) is 9.59 Å². The standard InChI is InChI=1S/C14H26O9/c1-17-4-5-20-6-7-21-8-9-22-10-11-23-12(13(15)18-2)14(16)19-3/h12H,4-11H2,1-3H3. The Morgan fingerprint density at radius 3 is 1.43 bits per heavy atom. The van der Waals surface area contributed by atoms with Gasteiger partial charge in [-0.1, -0.05) is 0 Å². The van der Waals surface area contributed by atoms with E-state index in [-0.39, 0.29) is 13.2 Å². The Bertz CT molecular complexity index is 293. The summed E-state index contributed by atoms with van der Waals surface area (Å²) in [5.74, 6) is -1.62. The first-order valence-corrected chi connectivity index (χ1v) is 7.16. The molecule has 0 atom stereocenters. The molecule has 9 heteroatoms. The lowest BCUT2D eigenvalue weighted by molar-refractivity contribution is -0.171. The van der Waals surface area contributed by atoms with Crippen molar-refractivity contribution >= 4 is 11.9 Å². The molecule has 0 saturated heterocycles. The molecule has 0 unspecified atom stereocenters. The molecule has 0 rings (SSSR count). The molecule has 9 nitrogen and oxygen atoms in total. The molecule has 0 bridgehead atoms. The van der Waals surface area contributed by atoms with Gasteiger partial charge in [0.2, 0.25) is 0 Å². The summed E-state index contributed by atoms with van der Waals surface area (Å²) in [7, 11) is 3.93. The van der Waals surface area contributed by atoms with Gasteiger partial charge < -0.3 is 33.2 Å². The van der Waals surface area contributed by atoms with Crippen molar-refractivity contribution in [1.82, 2.24) is 0 Å². The molecule has 0 heterocycles. The minimum Gasteiger partial charge on any atom is -0.467 e. The first-order valence-electron chi connectivity index (χ1n) is 7.16. The maximum absolute atomic E-state index is 11.3. The average Bonchev–Trinajstić information content (AvgIpc) is 2.57. The summed E-state index contributed by atoms with van der Waals surface area (Å²) in [5.41, 5.74) is 0. The van der Waals surface area contributed by atoms with E-state index in [1.54, 1.807) is 7.11 Å². The molecule has 0 radical (unpaired) electrons. The van der Waals surface area contributed by atoms with Crippen molar-refractivity contribution in [3.05, 3.63) is 0 Å². The zero-order valence-electron chi connectivity index (χ0n) is 13.9. The number of esters is 2. The average molecular weight is 338 g/mol. The fourth-order valence-corrected chi connectivity index (χ4v) is 1.36. The number of carbonyl (C=O) groups is 2. The fourth-order valence-electron chi connectivity index (χ4n) is 1.36. The Labute approximate surface area is 136 Å². The van der Waals surface area contributed by atoms with Crippen molar-refractivity contribution in [1.29, 1.82) is 0 Å². The van der Waals surface area contributed by atoms with E-state index >= 15 is 0 Å². The minimum absolute atomic E-state index is 0.0506. The van der Waals surface area contributed by atoms with Crippen molar-refractivity contribution in [3.63, 3.8) is 0 Å². The molecule has 0 saturated carbocycles. The lowest BCUT2D eigenvalue weighted by Gasteiger charge is -2.13. The summed E-state index contributed by atoms with van der Waals surface area (Å²) >= 11 is 0. The fraction of sp³-hybridized carbons (Fsp3) is 0.857. The van der Waals surface area contributed by atoms with Crippen LogP contribution in [0.4, 0.5) is 0 Å². The molecule has 0 aromatic rings. The zero-order chi connectivity index (χ0) is 17.3. The van der Waals surface area contributed by atoms with E-state index in [9.17, 15) is 9.59 Å². The zero-order valence-corrected chi connectivity index (χ0v) is 13.9. The summed E-state index contributed by atoms with van der Waals surface area (Å²) in [6, 6.07) is 0. The maximum atomic E-state index is 11.3. The molecular weight excluding hydrogens is 312 g/mol. The van der Waals surface area contributed by atoms with Crippen LogP contribution in [0.3, 0.4) is 0 Å². The van der Waals surface area contributed by atoms with Gasteiger partial charge in [0, 0.05) is 7.11 Å². The lowest BCUT2D eigenvalue weighted by atomic mass is 10.3. The first kappa shape index (κ1) is 21.7. The van der Waals surface area contributed by atoms with Gasteiger partial charge in [0.05, 0.1) is 67.1 Å². The van der Waals surface area contributed by atoms with E-state index < -0.39 is 18.0 Å². The van der Waals surface area contributed by atoms with Gasteiger partial charge >= 0.3 is 11.9 Å². The lowest BCUT2D eigenvalue weighted by Crippen LogP contribution is -2.36. The Balaban J connectivity index is 3.49. The number of carbonyl (C=O) groups excluding carboxylic acids is 2. The van der Waals surface area contributed by atoms with Crippen LogP contribution in [0.2, 0.25) is 0 Å². The Morgan fingerprint density at radius 1 is 0.652 bits per heavy atom. The van der Waals surface area contributed by atoms with Gasteiger partial charge in [0.1, 0.15) is 0 Å². The molecule has 0 aliphatic carbocycles. The Hall–Kier alpha value is -1.26. The molecule has 0 N–H and O–H groups in total. The Morgan fingerprint density at radius 2 is 1.04 bits per heavy atom. The van der Waals surface area contributed by atoms with Gasteiger partial charge in [0.15, 0.2) is 0 Å². The minimum atomic E-state index is -1.39. The van der Waals surface area contributed by atoms with Crippen LogP contribution < -0.4 is 0 Å². The third-order valence-electron chi connectivity index (χ3n) is 2.52. The van der Waals surface area contributed by atoms with Crippen LogP contribution in [-0.4, -0.2) is 92.2 Å². The van der Waals surface area contributed by atoms with E-state index in [2.05, 4.69) is 9.47 Å². The van der Waals surface area contributed by atoms with Crippen LogP contribution in [0.15, 0.2) is 0 Å². The molecule has 136 valence electrons. The molecule has 0 fully saturated rings. The second-order valence-electron chi connectivity index (χ2n) is 4.13. The summed E-state index contributed by atoms with van der Waals surface area (Å²) in [6.07, 6.45) is -1.39. The number of hydrogen-bond acceptors (Lipinski definition) is 9. The van der Waals surface area contributed by atoms with Gasteiger partial charge in [-0.15, -0.1) is 0 Å². The van der Waals surface area contributed by atoms with E-state index in [4.69, 9.17) is 23.7 Å². The third-order valence-corrected chi connectivity index (χ3v) is 2.52. The summed E-state index contributed by atoms with van der Waals surface area (Å²) in [6.45, 7) is 3.08. The molecule has 0 aliphatic rings. The van der Waals surface area contributed by atoms with Crippen molar-refractivity contribution in [2.45, 2.75) is 6.10 Å². The summed E-state index contributed by atoms with van der Waals surface area (Å²) < 4.78 is 34.5. The third kappa shape index (κ3) is 11.9. The number of rotatable bonds is 15. The van der Waals surface area contributed by atoms with Gasteiger partial charge in [-0.3, -0.25) is 0 Å². The van der Waals surface area contributed by atoms with Gasteiger partial charge in [-0.2, -0.15) is 0 Å². The highest BCUT2D eigenvalue weighted by molar-refractivity contribution is 5.97. The van der Waals surface area contributed by atoms with Crippen LogP contribution >= 0.6 is 0 Å². The molecule has 0 aromatic heterocycles. The number of methoxy groups -OCH3 is 3. The van der Waals surface area contributed by atoms with E-state index in [0.29, 0.717) is 39.6 Å². The molecule has 0 aliphatic heterocycles. The predicted octanol–water partition coefficient (Wildman–Crippen LogP) is -0.586. The van der Waals surface area contributed by atoms with Crippen molar-refractivity contribution in [3.8, 4) is 0 Å². The quantitative estimate of drug-likeness (QED) is 0.220. The SMILES string of the molecule is COCCOCCOCCOCCOC(C(=O)OC)C(=O)OC. The Kier molecular flexibility index (Phi) is 14.8. The summed E-state index contributed by atoms with van der Waals surface area (Å²) in [5, 5.41) is 0. The largest absolute Gasteiger partial charge is 0.467 e. The van der Waals surface area contributed by atoms with Gasteiger partial charge in [0.25, 0.3) is 6.10 Å². The maximum Gasteiger partial charge on any atom is 0.346 e. The van der Waals surface area contributed by atoms with Crippen molar-refractivity contribution in [2.24, 2.45) is 0 Å². The van der Waals surface area contributed by atoms with E-state index in [1.165, 1.54) is 0 Å². The highest BCUT2D eigenvalue weighted by Crippen LogP contribution is 1.98. The molecule has 0 aromatic carbocycles.